The number of sulfonamides is 1. The third-order valence-electron chi connectivity index (χ3n) is 4.07. The molecule has 0 fully saturated rings. The van der Waals surface area contributed by atoms with E-state index < -0.39 is 27.6 Å². The highest BCUT2D eigenvalue weighted by atomic mass is 35.5. The van der Waals surface area contributed by atoms with Crippen LogP contribution in [0.25, 0.3) is 11.1 Å². The van der Waals surface area contributed by atoms with Gasteiger partial charge < -0.3 is 14.9 Å². The molecule has 0 amide bonds. The zero-order chi connectivity index (χ0) is 22.1. The highest BCUT2D eigenvalue weighted by Gasteiger charge is 2.20. The molecule has 0 saturated heterocycles. The molecule has 0 aliphatic carbocycles. The molecule has 0 bridgehead atoms. The van der Waals surface area contributed by atoms with Crippen LogP contribution in [0.5, 0.6) is 11.5 Å². The lowest BCUT2D eigenvalue weighted by Crippen LogP contribution is -2.13. The average Bonchev–Trinajstić information content (AvgIpc) is 2.67. The molecule has 3 aromatic rings. The fourth-order valence-corrected chi connectivity index (χ4v) is 3.83. The van der Waals surface area contributed by atoms with Crippen molar-refractivity contribution >= 4 is 33.3 Å². The van der Waals surface area contributed by atoms with Crippen LogP contribution in [-0.2, 0) is 10.0 Å². The number of aromatic hydroxyl groups is 1. The number of halogens is 2. The molecule has 8 nitrogen and oxygen atoms in total. The van der Waals surface area contributed by atoms with Crippen LogP contribution in [0.3, 0.4) is 0 Å². The molecule has 1 heterocycles. The molecule has 3 rings (SSSR count). The Morgan fingerprint density at radius 2 is 1.93 bits per heavy atom. The second kappa shape index (κ2) is 8.17. The predicted molar refractivity (Wildman–Crippen MR) is 107 cm³/mol. The number of benzene rings is 2. The number of carboxylic acids is 1. The summed E-state index contributed by atoms with van der Waals surface area (Å²) in [5.41, 5.74) is 0.0101. The summed E-state index contributed by atoms with van der Waals surface area (Å²) >= 11 is 6.07. The van der Waals surface area contributed by atoms with Gasteiger partial charge in [0, 0.05) is 17.8 Å². The van der Waals surface area contributed by atoms with Crippen molar-refractivity contribution in [3.63, 3.8) is 0 Å². The number of anilines is 1. The lowest BCUT2D eigenvalue weighted by atomic mass is 10.1. The Morgan fingerprint density at radius 3 is 2.53 bits per heavy atom. The third kappa shape index (κ3) is 4.29. The number of nitrogens with zero attached hydrogens (tertiary/aromatic N) is 1. The number of phenols is 1. The van der Waals surface area contributed by atoms with Crippen LogP contribution in [0.4, 0.5) is 10.1 Å². The van der Waals surface area contributed by atoms with Crippen molar-refractivity contribution in [3.8, 4) is 22.6 Å². The van der Waals surface area contributed by atoms with E-state index in [1.54, 1.807) is 0 Å². The molecular formula is C19H14ClFN2O6S. The summed E-state index contributed by atoms with van der Waals surface area (Å²) < 4.78 is 46.5. The van der Waals surface area contributed by atoms with Crippen LogP contribution in [0, 0.1) is 5.82 Å². The predicted octanol–water partition coefficient (Wildman–Crippen LogP) is 3.75. The number of hydrogen-bond donors (Lipinski definition) is 3. The first-order chi connectivity index (χ1) is 14.1. The Bertz CT molecular complexity index is 1250. The second-order valence-electron chi connectivity index (χ2n) is 6.00. The molecule has 1 aromatic heterocycles. The summed E-state index contributed by atoms with van der Waals surface area (Å²) in [6.45, 7) is 0. The van der Waals surface area contributed by atoms with Gasteiger partial charge >= 0.3 is 5.97 Å². The number of ether oxygens (including phenoxy) is 1. The summed E-state index contributed by atoms with van der Waals surface area (Å²) in [6, 6.07) is 8.41. The Hall–Kier alpha value is -3.37. The Labute approximate surface area is 175 Å². The van der Waals surface area contributed by atoms with Crippen molar-refractivity contribution in [3.05, 3.63) is 65.2 Å². The van der Waals surface area contributed by atoms with E-state index in [2.05, 4.69) is 9.71 Å². The molecule has 2 aromatic carbocycles. The molecule has 0 spiro atoms. The van der Waals surface area contributed by atoms with E-state index in [4.69, 9.17) is 21.4 Å². The van der Waals surface area contributed by atoms with Gasteiger partial charge in [-0.15, -0.1) is 0 Å². The maximum absolute atomic E-state index is 14.0. The normalized spacial score (nSPS) is 11.2. The van der Waals surface area contributed by atoms with E-state index in [0.29, 0.717) is 0 Å². The van der Waals surface area contributed by atoms with E-state index in [1.165, 1.54) is 31.4 Å². The van der Waals surface area contributed by atoms with Gasteiger partial charge in [-0.2, -0.15) is 0 Å². The maximum Gasteiger partial charge on any atom is 0.339 e. The molecule has 0 saturated carbocycles. The number of methoxy groups -OCH3 is 1. The van der Waals surface area contributed by atoms with Gasteiger partial charge in [-0.1, -0.05) is 17.7 Å². The number of nitrogens with one attached hydrogen (secondary N) is 1. The van der Waals surface area contributed by atoms with Crippen molar-refractivity contribution in [2.24, 2.45) is 0 Å². The highest BCUT2D eigenvalue weighted by Crippen LogP contribution is 2.32. The van der Waals surface area contributed by atoms with Crippen LogP contribution >= 0.6 is 11.6 Å². The Kier molecular flexibility index (Phi) is 5.81. The number of carboxylic acid groups (broad SMARTS) is 1. The van der Waals surface area contributed by atoms with Gasteiger partial charge in [-0.3, -0.25) is 4.72 Å². The zero-order valence-electron chi connectivity index (χ0n) is 15.3. The fourth-order valence-electron chi connectivity index (χ4n) is 2.60. The first kappa shape index (κ1) is 21.3. The van der Waals surface area contributed by atoms with Crippen molar-refractivity contribution in [2.45, 2.75) is 4.90 Å². The summed E-state index contributed by atoms with van der Waals surface area (Å²) in [6.07, 6.45) is 1.01. The summed E-state index contributed by atoms with van der Waals surface area (Å²) in [7, 11) is -2.87. The Balaban J connectivity index is 1.97. The minimum Gasteiger partial charge on any atom is -0.507 e. The number of rotatable bonds is 6. The summed E-state index contributed by atoms with van der Waals surface area (Å²) in [5, 5.41) is 18.6. The molecule has 30 heavy (non-hydrogen) atoms. The van der Waals surface area contributed by atoms with Crippen LogP contribution in [0.1, 0.15) is 10.4 Å². The number of pyridine rings is 1. The zero-order valence-corrected chi connectivity index (χ0v) is 16.8. The molecule has 0 aliphatic heterocycles. The first-order valence-electron chi connectivity index (χ1n) is 8.21. The van der Waals surface area contributed by atoms with Crippen molar-refractivity contribution in [1.29, 1.82) is 0 Å². The smallest absolute Gasteiger partial charge is 0.339 e. The summed E-state index contributed by atoms with van der Waals surface area (Å²) in [5.74, 6) is -2.61. The number of aromatic carboxylic acids is 1. The van der Waals surface area contributed by atoms with E-state index in [1.807, 2.05) is 0 Å². The molecule has 0 unspecified atom stereocenters. The van der Waals surface area contributed by atoms with Gasteiger partial charge in [-0.05, 0) is 35.9 Å². The van der Waals surface area contributed by atoms with Crippen LogP contribution in [0.2, 0.25) is 5.15 Å². The Morgan fingerprint density at radius 1 is 1.20 bits per heavy atom. The molecule has 0 aliphatic rings. The van der Waals surface area contributed by atoms with Gasteiger partial charge in [0.1, 0.15) is 21.4 Å². The molecule has 0 radical (unpaired) electrons. The fraction of sp³-hybridized carbons (Fsp3) is 0.0526. The molecule has 3 N–H and O–H groups in total. The van der Waals surface area contributed by atoms with Crippen LogP contribution < -0.4 is 9.46 Å². The van der Waals surface area contributed by atoms with E-state index in [0.717, 1.165) is 24.4 Å². The molecule has 11 heteroatoms. The lowest BCUT2D eigenvalue weighted by molar-refractivity contribution is 0.0693. The average molecular weight is 453 g/mol. The summed E-state index contributed by atoms with van der Waals surface area (Å²) in [4.78, 5) is 14.5. The lowest BCUT2D eigenvalue weighted by Gasteiger charge is -2.12. The molecular weight excluding hydrogens is 439 g/mol. The van der Waals surface area contributed by atoms with E-state index >= 15 is 0 Å². The second-order valence-corrected chi connectivity index (χ2v) is 8.04. The largest absolute Gasteiger partial charge is 0.507 e. The standard InChI is InChI=1S/C19H14ClFN2O6S/c1-29-17-5-2-10(6-15(17)21)14-8-12(9-22-18(14)20)30(27,28)23-11-3-4-13(19(25)26)16(24)7-11/h2-9,23-24H,1H3,(H,25,26). The monoisotopic (exact) mass is 452 g/mol. The third-order valence-corrected chi connectivity index (χ3v) is 5.72. The molecule has 156 valence electrons. The number of hydrogen-bond acceptors (Lipinski definition) is 6. The minimum atomic E-state index is -4.18. The maximum atomic E-state index is 14.0. The van der Waals surface area contributed by atoms with Crippen molar-refractivity contribution in [1.82, 2.24) is 4.98 Å². The minimum absolute atomic E-state index is 0.0119. The highest BCUT2D eigenvalue weighted by molar-refractivity contribution is 7.92. The number of carbonyl (C=O) groups is 1. The first-order valence-corrected chi connectivity index (χ1v) is 10.1. The van der Waals surface area contributed by atoms with Gasteiger partial charge in [0.15, 0.2) is 11.6 Å². The van der Waals surface area contributed by atoms with Gasteiger partial charge in [0.2, 0.25) is 0 Å². The van der Waals surface area contributed by atoms with E-state index in [-0.39, 0.29) is 38.2 Å². The van der Waals surface area contributed by atoms with Gasteiger partial charge in [0.25, 0.3) is 10.0 Å². The quantitative estimate of drug-likeness (QED) is 0.486. The van der Waals surface area contributed by atoms with Crippen LogP contribution in [-0.4, -0.2) is 36.7 Å². The van der Waals surface area contributed by atoms with E-state index in [9.17, 15) is 22.7 Å². The SMILES string of the molecule is COc1ccc(-c2cc(S(=O)(=O)Nc3ccc(C(=O)O)c(O)c3)cnc2Cl)cc1F. The van der Waals surface area contributed by atoms with Gasteiger partial charge in [0.05, 0.1) is 12.8 Å². The van der Waals surface area contributed by atoms with Crippen LogP contribution in [0.15, 0.2) is 53.6 Å². The molecule has 0 atom stereocenters. The van der Waals surface area contributed by atoms with Crippen molar-refractivity contribution < 1.29 is 32.6 Å². The number of aromatic nitrogens is 1. The van der Waals surface area contributed by atoms with Crippen molar-refractivity contribution in [2.75, 3.05) is 11.8 Å². The van der Waals surface area contributed by atoms with Gasteiger partial charge in [-0.25, -0.2) is 22.6 Å². The topological polar surface area (TPSA) is 126 Å².